The molecule has 0 fully saturated rings. The SMILES string of the molecule is CC(C)(C)OC(=O)CCC(C#N)c1ccc([N+](=O)[O-])cc1. The molecule has 0 radical (unpaired) electrons. The Morgan fingerprint density at radius 3 is 2.38 bits per heavy atom. The molecule has 0 heterocycles. The first kappa shape index (κ1) is 16.6. The highest BCUT2D eigenvalue weighted by atomic mass is 16.6. The second kappa shape index (κ2) is 6.84. The van der Waals surface area contributed by atoms with Crippen molar-refractivity contribution < 1.29 is 14.5 Å². The number of esters is 1. The van der Waals surface area contributed by atoms with Crippen molar-refractivity contribution >= 4 is 11.7 Å². The van der Waals surface area contributed by atoms with Gasteiger partial charge in [-0.25, -0.2) is 0 Å². The maximum absolute atomic E-state index is 11.6. The number of nitro groups is 1. The summed E-state index contributed by atoms with van der Waals surface area (Å²) >= 11 is 0. The van der Waals surface area contributed by atoms with Crippen molar-refractivity contribution in [3.63, 3.8) is 0 Å². The van der Waals surface area contributed by atoms with E-state index in [4.69, 9.17) is 10.00 Å². The third kappa shape index (κ3) is 5.61. The highest BCUT2D eigenvalue weighted by Crippen LogP contribution is 2.23. The van der Waals surface area contributed by atoms with Crippen molar-refractivity contribution in [3.05, 3.63) is 39.9 Å². The van der Waals surface area contributed by atoms with Crippen molar-refractivity contribution in [2.24, 2.45) is 0 Å². The summed E-state index contributed by atoms with van der Waals surface area (Å²) in [6.07, 6.45) is 0.454. The molecule has 21 heavy (non-hydrogen) atoms. The smallest absolute Gasteiger partial charge is 0.306 e. The molecular formula is C15H18N2O4. The molecule has 6 heteroatoms. The summed E-state index contributed by atoms with van der Waals surface area (Å²) < 4.78 is 5.18. The second-order valence-electron chi connectivity index (χ2n) is 5.66. The Morgan fingerprint density at radius 1 is 1.38 bits per heavy atom. The number of nitro benzene ring substituents is 1. The number of carbonyl (C=O) groups is 1. The number of rotatable bonds is 5. The Morgan fingerprint density at radius 2 is 1.95 bits per heavy atom. The summed E-state index contributed by atoms with van der Waals surface area (Å²) in [5.41, 5.74) is 0.0845. The molecule has 1 aromatic carbocycles. The summed E-state index contributed by atoms with van der Waals surface area (Å²) in [6, 6.07) is 7.90. The molecule has 0 N–H and O–H groups in total. The van der Waals surface area contributed by atoms with Gasteiger partial charge in [-0.15, -0.1) is 0 Å². The molecule has 0 aromatic heterocycles. The predicted molar refractivity (Wildman–Crippen MR) is 76.5 cm³/mol. The third-order valence-electron chi connectivity index (χ3n) is 2.72. The van der Waals surface area contributed by atoms with Gasteiger partial charge < -0.3 is 4.74 Å². The van der Waals surface area contributed by atoms with Crippen LogP contribution >= 0.6 is 0 Å². The van der Waals surface area contributed by atoms with Gasteiger partial charge >= 0.3 is 5.97 Å². The number of nitrogens with zero attached hydrogens (tertiary/aromatic N) is 2. The van der Waals surface area contributed by atoms with E-state index >= 15 is 0 Å². The minimum absolute atomic E-state index is 0.0254. The lowest BCUT2D eigenvalue weighted by Crippen LogP contribution is -2.23. The first-order valence-corrected chi connectivity index (χ1v) is 6.59. The monoisotopic (exact) mass is 290 g/mol. The fourth-order valence-corrected chi connectivity index (χ4v) is 1.79. The number of benzene rings is 1. The van der Waals surface area contributed by atoms with Gasteiger partial charge in [-0.2, -0.15) is 5.26 Å². The highest BCUT2D eigenvalue weighted by Gasteiger charge is 2.19. The topological polar surface area (TPSA) is 93.2 Å². The molecule has 0 saturated carbocycles. The molecule has 112 valence electrons. The Bertz CT molecular complexity index is 553. The van der Waals surface area contributed by atoms with Crippen LogP contribution in [0.3, 0.4) is 0 Å². The highest BCUT2D eigenvalue weighted by molar-refractivity contribution is 5.70. The number of non-ortho nitro benzene ring substituents is 1. The van der Waals surface area contributed by atoms with E-state index in [-0.39, 0.29) is 18.1 Å². The zero-order valence-electron chi connectivity index (χ0n) is 12.3. The molecule has 6 nitrogen and oxygen atoms in total. The van der Waals surface area contributed by atoms with Crippen molar-refractivity contribution in [3.8, 4) is 6.07 Å². The van der Waals surface area contributed by atoms with Crippen molar-refractivity contribution in [2.45, 2.75) is 45.1 Å². The van der Waals surface area contributed by atoms with E-state index in [1.165, 1.54) is 12.1 Å². The molecule has 0 aliphatic heterocycles. The largest absolute Gasteiger partial charge is 0.460 e. The number of ether oxygens (including phenoxy) is 1. The van der Waals surface area contributed by atoms with Gasteiger partial charge in [0, 0.05) is 18.6 Å². The summed E-state index contributed by atoms with van der Waals surface area (Å²) in [6.45, 7) is 5.34. The quantitative estimate of drug-likeness (QED) is 0.471. The first-order chi connectivity index (χ1) is 9.73. The third-order valence-corrected chi connectivity index (χ3v) is 2.72. The average molecular weight is 290 g/mol. The van der Waals surface area contributed by atoms with Gasteiger partial charge in [0.15, 0.2) is 0 Å². The van der Waals surface area contributed by atoms with Crippen LogP contribution < -0.4 is 0 Å². The van der Waals surface area contributed by atoms with Crippen LogP contribution in [0.1, 0.15) is 45.1 Å². The lowest BCUT2D eigenvalue weighted by Gasteiger charge is -2.19. The van der Waals surface area contributed by atoms with Crippen LogP contribution in [0, 0.1) is 21.4 Å². The summed E-state index contributed by atoms with van der Waals surface area (Å²) in [7, 11) is 0. The molecule has 0 amide bonds. The van der Waals surface area contributed by atoms with Crippen LogP contribution in [0.4, 0.5) is 5.69 Å². The molecule has 0 spiro atoms. The van der Waals surface area contributed by atoms with Crippen LogP contribution in [0.25, 0.3) is 0 Å². The van der Waals surface area contributed by atoms with Gasteiger partial charge in [0.1, 0.15) is 5.60 Å². The van der Waals surface area contributed by atoms with Gasteiger partial charge in [0.2, 0.25) is 0 Å². The lowest BCUT2D eigenvalue weighted by molar-refractivity contribution is -0.384. The number of hydrogen-bond donors (Lipinski definition) is 0. The predicted octanol–water partition coefficient (Wildman–Crippen LogP) is 3.32. The molecule has 0 saturated heterocycles. The molecule has 0 aliphatic carbocycles. The summed E-state index contributed by atoms with van der Waals surface area (Å²) in [5, 5.41) is 19.7. The molecule has 1 atom stereocenters. The minimum atomic E-state index is -0.549. The van der Waals surface area contributed by atoms with Gasteiger partial charge in [-0.05, 0) is 32.8 Å². The number of carbonyl (C=O) groups excluding carboxylic acids is 1. The summed E-state index contributed by atoms with van der Waals surface area (Å²) in [5.74, 6) is -0.844. The first-order valence-electron chi connectivity index (χ1n) is 6.59. The molecular weight excluding hydrogens is 272 g/mol. The normalized spacial score (nSPS) is 12.3. The number of nitriles is 1. The van der Waals surface area contributed by atoms with Crippen LogP contribution in [-0.2, 0) is 9.53 Å². The molecule has 1 unspecified atom stereocenters. The van der Waals surface area contributed by atoms with Crippen molar-refractivity contribution in [2.75, 3.05) is 0 Å². The maximum Gasteiger partial charge on any atom is 0.306 e. The van der Waals surface area contributed by atoms with E-state index in [9.17, 15) is 14.9 Å². The standard InChI is InChI=1S/C15H18N2O4/c1-15(2,3)21-14(18)9-6-12(10-16)11-4-7-13(8-5-11)17(19)20/h4-5,7-8,12H,6,9H2,1-3H3. The Kier molecular flexibility index (Phi) is 5.42. The summed E-state index contributed by atoms with van der Waals surface area (Å²) in [4.78, 5) is 21.7. The zero-order valence-corrected chi connectivity index (χ0v) is 12.3. The van der Waals surface area contributed by atoms with Gasteiger partial charge in [0.05, 0.1) is 16.9 Å². The van der Waals surface area contributed by atoms with Crippen LogP contribution in [0.15, 0.2) is 24.3 Å². The van der Waals surface area contributed by atoms with E-state index in [0.717, 1.165) is 0 Å². The Hall–Kier alpha value is -2.42. The van der Waals surface area contributed by atoms with Crippen LogP contribution in [0.2, 0.25) is 0 Å². The van der Waals surface area contributed by atoms with Gasteiger partial charge in [0.25, 0.3) is 5.69 Å². The Balaban J connectivity index is 2.65. The lowest BCUT2D eigenvalue weighted by atomic mass is 9.95. The molecule has 1 rings (SSSR count). The van der Waals surface area contributed by atoms with E-state index in [1.54, 1.807) is 32.9 Å². The fraction of sp³-hybridized carbons (Fsp3) is 0.467. The zero-order chi connectivity index (χ0) is 16.0. The minimum Gasteiger partial charge on any atom is -0.460 e. The van der Waals surface area contributed by atoms with E-state index < -0.39 is 16.4 Å². The van der Waals surface area contributed by atoms with E-state index in [1.807, 2.05) is 0 Å². The fourth-order valence-electron chi connectivity index (χ4n) is 1.79. The van der Waals surface area contributed by atoms with Crippen LogP contribution in [-0.4, -0.2) is 16.5 Å². The van der Waals surface area contributed by atoms with Crippen LogP contribution in [0.5, 0.6) is 0 Å². The average Bonchev–Trinajstić information content (AvgIpc) is 2.38. The Labute approximate surface area is 123 Å². The van der Waals surface area contributed by atoms with Crippen molar-refractivity contribution in [1.29, 1.82) is 5.26 Å². The second-order valence-corrected chi connectivity index (χ2v) is 5.66. The maximum atomic E-state index is 11.6. The molecule has 0 bridgehead atoms. The number of hydrogen-bond acceptors (Lipinski definition) is 5. The molecule has 1 aromatic rings. The van der Waals surface area contributed by atoms with E-state index in [0.29, 0.717) is 12.0 Å². The van der Waals surface area contributed by atoms with Gasteiger partial charge in [-0.1, -0.05) is 12.1 Å². The van der Waals surface area contributed by atoms with Crippen molar-refractivity contribution in [1.82, 2.24) is 0 Å². The van der Waals surface area contributed by atoms with Gasteiger partial charge in [-0.3, -0.25) is 14.9 Å². The molecule has 0 aliphatic rings. The van der Waals surface area contributed by atoms with E-state index in [2.05, 4.69) is 6.07 Å².